The van der Waals surface area contributed by atoms with Gasteiger partial charge < -0.3 is 25.3 Å². The number of carbonyl (C=O) groups is 1. The van der Waals surface area contributed by atoms with Crippen LogP contribution >= 0.6 is 11.6 Å². The molecule has 4 N–H and O–H groups in total. The largest absolute Gasteiger partial charge is 0.394 e. The summed E-state index contributed by atoms with van der Waals surface area (Å²) in [5.74, 6) is 0.166. The first-order chi connectivity index (χ1) is 10.4. The van der Waals surface area contributed by atoms with Crippen molar-refractivity contribution in [3.05, 3.63) is 18.1 Å². The lowest BCUT2D eigenvalue weighted by Crippen LogP contribution is -2.39. The van der Waals surface area contributed by atoms with Gasteiger partial charge in [-0.3, -0.25) is 4.79 Å². The van der Waals surface area contributed by atoms with E-state index in [4.69, 9.17) is 22.1 Å². The average molecular weight is 327 g/mol. The number of aliphatic hydroxyl groups is 2. The highest BCUT2D eigenvalue weighted by Gasteiger charge is 2.53. The zero-order valence-corrected chi connectivity index (χ0v) is 12.4. The number of alkyl halides is 1. The molecule has 3 heterocycles. The maximum atomic E-state index is 11.3. The van der Waals surface area contributed by atoms with Crippen LogP contribution in [0.4, 0.5) is 5.82 Å². The third-order valence-electron chi connectivity index (χ3n) is 3.94. The Morgan fingerprint density at radius 3 is 2.91 bits per heavy atom. The number of ether oxygens (including phenoxy) is 1. The summed E-state index contributed by atoms with van der Waals surface area (Å²) >= 11 is 6.41. The van der Waals surface area contributed by atoms with Crippen LogP contribution in [0.25, 0.3) is 11.0 Å². The van der Waals surface area contributed by atoms with Gasteiger partial charge in [-0.25, -0.2) is 9.97 Å². The van der Waals surface area contributed by atoms with Crippen LogP contribution in [-0.4, -0.2) is 54.7 Å². The van der Waals surface area contributed by atoms with E-state index in [1.807, 2.05) is 0 Å². The van der Waals surface area contributed by atoms with Gasteiger partial charge in [-0.1, -0.05) is 0 Å². The number of aldehydes is 1. The summed E-state index contributed by atoms with van der Waals surface area (Å²) in [4.78, 5) is 18.0. The molecule has 0 aromatic carbocycles. The van der Waals surface area contributed by atoms with Crippen LogP contribution in [0.2, 0.25) is 0 Å². The van der Waals surface area contributed by atoms with Crippen LogP contribution in [0.5, 0.6) is 0 Å². The molecule has 22 heavy (non-hydrogen) atoms. The summed E-state index contributed by atoms with van der Waals surface area (Å²) in [5, 5.41) is 19.9. The molecule has 3 rings (SSSR count). The number of nitrogens with zero attached hydrogens (tertiary/aromatic N) is 3. The van der Waals surface area contributed by atoms with Crippen molar-refractivity contribution in [2.24, 2.45) is 0 Å². The number of hydrogen-bond acceptors (Lipinski definition) is 7. The van der Waals surface area contributed by atoms with Crippen molar-refractivity contribution in [1.29, 1.82) is 0 Å². The van der Waals surface area contributed by atoms with E-state index in [0.29, 0.717) is 22.9 Å². The van der Waals surface area contributed by atoms with Crippen LogP contribution in [0.3, 0.4) is 0 Å². The number of halogens is 1. The fraction of sp³-hybridized carbons (Fsp3) is 0.462. The molecule has 8 nitrogen and oxygen atoms in total. The first-order valence-electron chi connectivity index (χ1n) is 6.61. The highest BCUT2D eigenvalue weighted by Crippen LogP contribution is 2.44. The summed E-state index contributed by atoms with van der Waals surface area (Å²) in [7, 11) is 0. The van der Waals surface area contributed by atoms with Crippen molar-refractivity contribution in [3.8, 4) is 0 Å². The minimum atomic E-state index is -1.21. The zero-order chi connectivity index (χ0) is 16.1. The molecule has 2 aromatic heterocycles. The first-order valence-corrected chi connectivity index (χ1v) is 6.99. The smallest absolute Gasteiger partial charge is 0.157 e. The molecule has 0 bridgehead atoms. The third-order valence-corrected chi connectivity index (χ3v) is 4.35. The molecule has 0 radical (unpaired) electrons. The van der Waals surface area contributed by atoms with Crippen LogP contribution in [0.1, 0.15) is 23.5 Å². The van der Waals surface area contributed by atoms with Crippen molar-refractivity contribution in [3.63, 3.8) is 0 Å². The molecule has 1 fully saturated rings. The highest BCUT2D eigenvalue weighted by atomic mass is 35.5. The summed E-state index contributed by atoms with van der Waals surface area (Å²) < 4.78 is 7.17. The molecule has 0 unspecified atom stereocenters. The Morgan fingerprint density at radius 2 is 2.32 bits per heavy atom. The Balaban J connectivity index is 2.19. The lowest BCUT2D eigenvalue weighted by molar-refractivity contribution is -0.0439. The average Bonchev–Trinajstić information content (AvgIpc) is 2.97. The Morgan fingerprint density at radius 1 is 1.59 bits per heavy atom. The number of rotatable bonds is 3. The van der Waals surface area contributed by atoms with E-state index in [-0.39, 0.29) is 12.4 Å². The van der Waals surface area contributed by atoms with E-state index in [2.05, 4.69) is 9.97 Å². The van der Waals surface area contributed by atoms with Crippen LogP contribution in [0.15, 0.2) is 12.5 Å². The van der Waals surface area contributed by atoms with Gasteiger partial charge in [0.1, 0.15) is 34.9 Å². The van der Waals surface area contributed by atoms with Gasteiger partial charge in [0.15, 0.2) is 12.5 Å². The van der Waals surface area contributed by atoms with E-state index >= 15 is 0 Å². The molecule has 0 saturated carbocycles. The van der Waals surface area contributed by atoms with Gasteiger partial charge in [0.25, 0.3) is 0 Å². The molecule has 0 spiro atoms. The Labute approximate surface area is 130 Å². The number of aromatic nitrogens is 3. The van der Waals surface area contributed by atoms with Gasteiger partial charge in [-0.2, -0.15) is 0 Å². The van der Waals surface area contributed by atoms with E-state index < -0.39 is 23.3 Å². The molecule has 9 heteroatoms. The minimum Gasteiger partial charge on any atom is -0.394 e. The number of carbonyl (C=O) groups excluding carboxylic acids is 1. The maximum absolute atomic E-state index is 11.3. The summed E-state index contributed by atoms with van der Waals surface area (Å²) in [6.45, 7) is 1.22. The van der Waals surface area contributed by atoms with Crippen molar-refractivity contribution in [1.82, 2.24) is 14.5 Å². The van der Waals surface area contributed by atoms with E-state index in [1.54, 1.807) is 6.92 Å². The Hall–Kier alpha value is -1.74. The van der Waals surface area contributed by atoms with Gasteiger partial charge in [0, 0.05) is 11.8 Å². The number of hydrogen-bond donors (Lipinski definition) is 3. The second kappa shape index (κ2) is 5.17. The second-order valence-electron chi connectivity index (χ2n) is 5.37. The van der Waals surface area contributed by atoms with Gasteiger partial charge in [0.05, 0.1) is 12.0 Å². The molecule has 0 aliphatic carbocycles. The van der Waals surface area contributed by atoms with Crippen molar-refractivity contribution in [2.75, 3.05) is 12.3 Å². The molecule has 1 aliphatic heterocycles. The molecular formula is C13H15ClN4O4. The molecular weight excluding hydrogens is 312 g/mol. The van der Waals surface area contributed by atoms with Crippen LogP contribution in [0, 0.1) is 0 Å². The van der Waals surface area contributed by atoms with Crippen molar-refractivity contribution in [2.45, 2.75) is 30.2 Å². The highest BCUT2D eigenvalue weighted by molar-refractivity contribution is 6.24. The lowest BCUT2D eigenvalue weighted by atomic mass is 10.0. The van der Waals surface area contributed by atoms with Gasteiger partial charge in [0.2, 0.25) is 0 Å². The Bertz CT molecular complexity index is 732. The SMILES string of the molecule is C[C@@]1(Cl)[C@H](O)[C@@H](CO)O[C@H]1n1cc(C=O)c2c(N)ncnc21. The summed E-state index contributed by atoms with van der Waals surface area (Å²) in [6.07, 6.45) is 0.666. The topological polar surface area (TPSA) is 123 Å². The van der Waals surface area contributed by atoms with Crippen molar-refractivity contribution < 1.29 is 19.7 Å². The number of nitrogen functional groups attached to an aromatic ring is 1. The molecule has 0 amide bonds. The molecule has 2 aromatic rings. The van der Waals surface area contributed by atoms with Crippen molar-refractivity contribution >= 4 is 34.7 Å². The number of nitrogens with two attached hydrogens (primary N) is 1. The molecule has 1 aliphatic rings. The van der Waals surface area contributed by atoms with Gasteiger partial charge in [-0.05, 0) is 6.92 Å². The fourth-order valence-electron chi connectivity index (χ4n) is 2.77. The lowest BCUT2D eigenvalue weighted by Gasteiger charge is -2.26. The molecule has 1 saturated heterocycles. The fourth-order valence-corrected chi connectivity index (χ4v) is 3.07. The summed E-state index contributed by atoms with van der Waals surface area (Å²) in [6, 6.07) is 0. The predicted molar refractivity (Wildman–Crippen MR) is 78.6 cm³/mol. The quantitative estimate of drug-likeness (QED) is 0.538. The minimum absolute atomic E-state index is 0.166. The molecule has 118 valence electrons. The normalized spacial score (nSPS) is 31.7. The van der Waals surface area contributed by atoms with E-state index in [0.717, 1.165) is 0 Å². The monoisotopic (exact) mass is 326 g/mol. The maximum Gasteiger partial charge on any atom is 0.157 e. The van der Waals surface area contributed by atoms with Gasteiger partial charge in [-0.15, -0.1) is 11.6 Å². The predicted octanol–water partition coefficient (Wildman–Crippen LogP) is 0.0741. The van der Waals surface area contributed by atoms with E-state index in [9.17, 15) is 15.0 Å². The standard InChI is InChI=1S/C13H15ClN4O4/c1-13(14)9(21)7(4-20)22-12(13)18-2-6(3-19)8-10(15)16-5-17-11(8)18/h2-3,5,7,9,12,20-21H,4H2,1H3,(H2,15,16,17)/t7-,9-,12-,13-/m1/s1. The number of aliphatic hydroxyl groups excluding tert-OH is 2. The number of anilines is 1. The van der Waals surface area contributed by atoms with E-state index in [1.165, 1.54) is 17.1 Å². The van der Waals surface area contributed by atoms with Crippen LogP contribution in [-0.2, 0) is 4.74 Å². The van der Waals surface area contributed by atoms with Gasteiger partial charge >= 0.3 is 0 Å². The zero-order valence-electron chi connectivity index (χ0n) is 11.7. The molecule has 4 atom stereocenters. The third kappa shape index (κ3) is 1.99. The van der Waals surface area contributed by atoms with Crippen LogP contribution < -0.4 is 5.73 Å². The second-order valence-corrected chi connectivity index (χ2v) is 6.19. The number of fused-ring (bicyclic) bond motifs is 1. The summed E-state index contributed by atoms with van der Waals surface area (Å²) in [5.41, 5.74) is 6.48. The Kier molecular flexibility index (Phi) is 3.56. The first kappa shape index (κ1) is 15.2.